The molecule has 1 saturated heterocycles. The number of benzene rings is 1. The van der Waals surface area contributed by atoms with Gasteiger partial charge in [-0.3, -0.25) is 4.90 Å². The van der Waals surface area contributed by atoms with Gasteiger partial charge in [0.25, 0.3) is 0 Å². The van der Waals surface area contributed by atoms with Crippen LogP contribution in [-0.2, 0) is 6.54 Å². The maximum Gasteiger partial charge on any atom is 0.103 e. The van der Waals surface area contributed by atoms with Crippen LogP contribution < -0.4 is 5.73 Å². The van der Waals surface area contributed by atoms with E-state index in [-0.39, 0.29) is 0 Å². The van der Waals surface area contributed by atoms with Crippen LogP contribution in [-0.4, -0.2) is 23.0 Å². The Kier molecular flexibility index (Phi) is 4.36. The summed E-state index contributed by atoms with van der Waals surface area (Å²) in [6, 6.07) is 8.29. The molecule has 0 amide bonds. The van der Waals surface area contributed by atoms with E-state index in [0.29, 0.717) is 4.99 Å². The molecule has 1 fully saturated rings. The molecule has 0 aromatic heterocycles. The molecule has 0 saturated carbocycles. The van der Waals surface area contributed by atoms with E-state index in [1.54, 1.807) is 0 Å². The van der Waals surface area contributed by atoms with Gasteiger partial charge in [0.15, 0.2) is 0 Å². The average Bonchev–Trinajstić information content (AvgIpc) is 2.78. The van der Waals surface area contributed by atoms with Crippen molar-refractivity contribution in [2.75, 3.05) is 13.1 Å². The molecule has 0 radical (unpaired) electrons. The number of likely N-dealkylation sites (tertiary alicyclic amines) is 1. The van der Waals surface area contributed by atoms with E-state index >= 15 is 0 Å². The fourth-order valence-corrected chi connectivity index (χ4v) is 2.76. The van der Waals surface area contributed by atoms with Gasteiger partial charge in [0.1, 0.15) is 4.99 Å². The Labute approximate surface area is 115 Å². The van der Waals surface area contributed by atoms with Crippen molar-refractivity contribution in [3.05, 3.63) is 35.4 Å². The van der Waals surface area contributed by atoms with Crippen LogP contribution >= 0.6 is 12.2 Å². The van der Waals surface area contributed by atoms with Crippen molar-refractivity contribution in [1.82, 2.24) is 4.90 Å². The minimum absolute atomic E-state index is 0.485. The smallest absolute Gasteiger partial charge is 0.103 e. The molecular formula is C15H22N2S. The van der Waals surface area contributed by atoms with Crippen molar-refractivity contribution in [3.8, 4) is 0 Å². The zero-order valence-electron chi connectivity index (χ0n) is 11.2. The minimum atomic E-state index is 0.485. The molecule has 1 atom stereocenters. The molecule has 18 heavy (non-hydrogen) atoms. The van der Waals surface area contributed by atoms with Crippen LogP contribution in [0.1, 0.15) is 31.4 Å². The number of rotatable bonds is 4. The number of hydrogen-bond acceptors (Lipinski definition) is 2. The molecule has 1 aliphatic heterocycles. The fourth-order valence-electron chi connectivity index (χ4n) is 2.63. The lowest BCUT2D eigenvalue weighted by Gasteiger charge is -2.18. The summed E-state index contributed by atoms with van der Waals surface area (Å²) in [6.45, 7) is 8.08. The second-order valence-electron chi connectivity index (χ2n) is 5.59. The van der Waals surface area contributed by atoms with Crippen molar-refractivity contribution in [2.45, 2.75) is 26.8 Å². The quantitative estimate of drug-likeness (QED) is 0.846. The molecule has 0 bridgehead atoms. The highest BCUT2D eigenvalue weighted by Crippen LogP contribution is 2.24. The highest BCUT2D eigenvalue weighted by Gasteiger charge is 2.24. The van der Waals surface area contributed by atoms with Gasteiger partial charge < -0.3 is 5.73 Å². The average molecular weight is 262 g/mol. The van der Waals surface area contributed by atoms with Crippen LogP contribution in [0.5, 0.6) is 0 Å². The lowest BCUT2D eigenvalue weighted by atomic mass is 9.95. The second-order valence-corrected chi connectivity index (χ2v) is 6.03. The standard InChI is InChI=1S/C15H22N2S/c1-11(2)14-6-7-17(10-14)9-12-4-3-5-13(8-12)15(16)18/h3-5,8,11,14H,6-7,9-10H2,1-2H3,(H2,16,18). The number of nitrogens with two attached hydrogens (primary N) is 1. The van der Waals surface area contributed by atoms with E-state index in [9.17, 15) is 0 Å². The van der Waals surface area contributed by atoms with Crippen LogP contribution in [0.15, 0.2) is 24.3 Å². The number of thiocarbonyl (C=S) groups is 1. The number of hydrogen-bond donors (Lipinski definition) is 1. The Morgan fingerprint density at radius 1 is 1.50 bits per heavy atom. The molecule has 0 aliphatic carbocycles. The highest BCUT2D eigenvalue weighted by atomic mass is 32.1. The van der Waals surface area contributed by atoms with Crippen LogP contribution in [0.3, 0.4) is 0 Å². The Bertz CT molecular complexity index is 428. The SMILES string of the molecule is CC(C)C1CCN(Cc2cccc(C(N)=S)c2)C1. The van der Waals surface area contributed by atoms with Gasteiger partial charge in [0.2, 0.25) is 0 Å². The molecule has 2 nitrogen and oxygen atoms in total. The van der Waals surface area contributed by atoms with Crippen LogP contribution in [0.25, 0.3) is 0 Å². The van der Waals surface area contributed by atoms with Crippen LogP contribution in [0.4, 0.5) is 0 Å². The van der Waals surface area contributed by atoms with E-state index in [0.717, 1.165) is 23.9 Å². The van der Waals surface area contributed by atoms with E-state index in [1.807, 2.05) is 12.1 Å². The summed E-state index contributed by atoms with van der Waals surface area (Å²) in [7, 11) is 0. The topological polar surface area (TPSA) is 29.3 Å². The fraction of sp³-hybridized carbons (Fsp3) is 0.533. The van der Waals surface area contributed by atoms with Gasteiger partial charge in [-0.2, -0.15) is 0 Å². The summed E-state index contributed by atoms with van der Waals surface area (Å²) < 4.78 is 0. The molecule has 3 heteroatoms. The van der Waals surface area contributed by atoms with Gasteiger partial charge in [-0.15, -0.1) is 0 Å². The minimum Gasteiger partial charge on any atom is -0.389 e. The summed E-state index contributed by atoms with van der Waals surface area (Å²) in [6.07, 6.45) is 1.33. The summed E-state index contributed by atoms with van der Waals surface area (Å²) >= 11 is 5.02. The molecular weight excluding hydrogens is 240 g/mol. The Hall–Kier alpha value is -0.930. The van der Waals surface area contributed by atoms with E-state index in [2.05, 4.69) is 30.9 Å². The predicted octanol–water partition coefficient (Wildman–Crippen LogP) is 2.80. The lowest BCUT2D eigenvalue weighted by Crippen LogP contribution is -2.21. The first-order valence-electron chi connectivity index (χ1n) is 6.67. The van der Waals surface area contributed by atoms with Gasteiger partial charge in [-0.1, -0.05) is 44.3 Å². The molecule has 0 spiro atoms. The molecule has 1 unspecified atom stereocenters. The zero-order valence-corrected chi connectivity index (χ0v) is 12.0. The summed E-state index contributed by atoms with van der Waals surface area (Å²) in [5.41, 5.74) is 7.95. The molecule has 98 valence electrons. The third-order valence-corrected chi connectivity index (χ3v) is 4.11. The summed E-state index contributed by atoms with van der Waals surface area (Å²) in [5.74, 6) is 1.64. The Balaban J connectivity index is 1.98. The molecule has 2 rings (SSSR count). The van der Waals surface area contributed by atoms with Gasteiger partial charge in [-0.05, 0) is 36.4 Å². The monoisotopic (exact) mass is 262 g/mol. The van der Waals surface area contributed by atoms with E-state index < -0.39 is 0 Å². The summed E-state index contributed by atoms with van der Waals surface area (Å²) in [4.78, 5) is 3.02. The maximum absolute atomic E-state index is 5.67. The van der Waals surface area contributed by atoms with Crippen LogP contribution in [0.2, 0.25) is 0 Å². The van der Waals surface area contributed by atoms with E-state index in [4.69, 9.17) is 18.0 Å². The summed E-state index contributed by atoms with van der Waals surface area (Å²) in [5, 5.41) is 0. The first-order chi connectivity index (χ1) is 8.56. The highest BCUT2D eigenvalue weighted by molar-refractivity contribution is 7.80. The Morgan fingerprint density at radius 3 is 2.89 bits per heavy atom. The predicted molar refractivity (Wildman–Crippen MR) is 80.6 cm³/mol. The maximum atomic E-state index is 5.67. The van der Waals surface area contributed by atoms with E-state index in [1.165, 1.54) is 25.1 Å². The van der Waals surface area contributed by atoms with Gasteiger partial charge in [0, 0.05) is 18.7 Å². The van der Waals surface area contributed by atoms with Crippen molar-refractivity contribution in [1.29, 1.82) is 0 Å². The van der Waals surface area contributed by atoms with Crippen molar-refractivity contribution < 1.29 is 0 Å². The third kappa shape index (κ3) is 3.30. The second kappa shape index (κ2) is 5.81. The van der Waals surface area contributed by atoms with Gasteiger partial charge in [0.05, 0.1) is 0 Å². The van der Waals surface area contributed by atoms with Gasteiger partial charge >= 0.3 is 0 Å². The molecule has 1 aliphatic rings. The van der Waals surface area contributed by atoms with Crippen molar-refractivity contribution in [2.24, 2.45) is 17.6 Å². The first kappa shape index (κ1) is 13.5. The Morgan fingerprint density at radius 2 is 2.28 bits per heavy atom. The van der Waals surface area contributed by atoms with Crippen molar-refractivity contribution >= 4 is 17.2 Å². The molecule has 1 aromatic rings. The molecule has 2 N–H and O–H groups in total. The molecule has 1 aromatic carbocycles. The largest absolute Gasteiger partial charge is 0.389 e. The van der Waals surface area contributed by atoms with Crippen molar-refractivity contribution in [3.63, 3.8) is 0 Å². The first-order valence-corrected chi connectivity index (χ1v) is 7.08. The van der Waals surface area contributed by atoms with Gasteiger partial charge in [-0.25, -0.2) is 0 Å². The zero-order chi connectivity index (χ0) is 13.1. The number of nitrogens with zero attached hydrogens (tertiary/aromatic N) is 1. The normalized spacial score (nSPS) is 20.5. The van der Waals surface area contributed by atoms with Crippen LogP contribution in [0, 0.1) is 11.8 Å². The molecule has 1 heterocycles. The third-order valence-electron chi connectivity index (χ3n) is 3.87. The lowest BCUT2D eigenvalue weighted by molar-refractivity contribution is 0.297.